The van der Waals surface area contributed by atoms with Gasteiger partial charge in [-0.3, -0.25) is 19.4 Å². The van der Waals surface area contributed by atoms with Crippen molar-refractivity contribution in [2.24, 2.45) is 0 Å². The Morgan fingerprint density at radius 1 is 1.20 bits per heavy atom. The molecule has 4 heterocycles. The zero-order chi connectivity index (χ0) is 29.3. The van der Waals surface area contributed by atoms with Crippen LogP contribution in [0.15, 0.2) is 53.1 Å². The van der Waals surface area contributed by atoms with Gasteiger partial charge in [0.1, 0.15) is 29.1 Å². The number of hydrogen-bond acceptors (Lipinski definition) is 10. The predicted octanol–water partition coefficient (Wildman–Crippen LogP) is 2.12. The zero-order valence-electron chi connectivity index (χ0n) is 22.3. The molecule has 2 fully saturated rings. The summed E-state index contributed by atoms with van der Waals surface area (Å²) in [6.07, 6.45) is 1.29. The molecule has 2 aromatic heterocycles. The molecule has 5 rings (SSSR count). The number of ether oxygens (including phenoxy) is 2. The number of amides is 2. The summed E-state index contributed by atoms with van der Waals surface area (Å²) in [5.74, 6) is -0.539. The molecule has 2 aliphatic rings. The number of carbonyl (C=O) groups excluding carboxylic acids is 4. The maximum atomic E-state index is 13.6. The minimum absolute atomic E-state index is 0.0754. The number of furan rings is 1. The van der Waals surface area contributed by atoms with Gasteiger partial charge in [0.2, 0.25) is 5.91 Å². The van der Waals surface area contributed by atoms with Gasteiger partial charge in [0, 0.05) is 24.2 Å². The summed E-state index contributed by atoms with van der Waals surface area (Å²) in [6, 6.07) is 7.89. The Hall–Kier alpha value is -4.30. The van der Waals surface area contributed by atoms with Gasteiger partial charge in [-0.1, -0.05) is 19.4 Å². The van der Waals surface area contributed by atoms with Crippen LogP contribution in [0, 0.1) is 0 Å². The van der Waals surface area contributed by atoms with Crippen molar-refractivity contribution in [2.75, 3.05) is 20.2 Å². The van der Waals surface area contributed by atoms with Gasteiger partial charge in [0.05, 0.1) is 19.7 Å². The van der Waals surface area contributed by atoms with E-state index in [0.29, 0.717) is 23.1 Å². The van der Waals surface area contributed by atoms with E-state index < -0.39 is 57.6 Å². The van der Waals surface area contributed by atoms with Crippen LogP contribution in [0.2, 0.25) is 0 Å². The number of rotatable bonds is 8. The third-order valence-corrected chi connectivity index (χ3v) is 8.83. The summed E-state index contributed by atoms with van der Waals surface area (Å²) in [4.78, 5) is 57.1. The standard InChI is InChI=1S/C27H28N4O9S/c1-3-6-18(29-27(35)40-23-14-16-13-17(38-2)8-9-22(16)39-23)25(33)30-12-10-20-24(30)21(32)15-31(20)41(36,37)26(34)19-7-4-5-11-28-19/h4-5,7-9,11,13-14,18,20,24H,3,6,10,12,15H2,1-2H3,(H,29,35). The number of likely N-dealkylation sites (tertiary alicyclic amines) is 1. The third-order valence-electron chi connectivity index (χ3n) is 7.14. The first-order valence-corrected chi connectivity index (χ1v) is 14.4. The van der Waals surface area contributed by atoms with Crippen LogP contribution in [0.4, 0.5) is 4.79 Å². The Morgan fingerprint density at radius 2 is 2.00 bits per heavy atom. The lowest BCUT2D eigenvalue weighted by molar-refractivity contribution is -0.138. The number of sulfonamides is 1. The summed E-state index contributed by atoms with van der Waals surface area (Å²) >= 11 is 0. The van der Waals surface area contributed by atoms with E-state index in [1.54, 1.807) is 24.3 Å². The number of benzene rings is 1. The van der Waals surface area contributed by atoms with E-state index in [2.05, 4.69) is 10.3 Å². The Kier molecular flexibility index (Phi) is 7.78. The predicted molar refractivity (Wildman–Crippen MR) is 144 cm³/mol. The smallest absolute Gasteiger partial charge is 0.415 e. The summed E-state index contributed by atoms with van der Waals surface area (Å²) < 4.78 is 43.1. The van der Waals surface area contributed by atoms with Gasteiger partial charge >= 0.3 is 11.2 Å². The van der Waals surface area contributed by atoms with Gasteiger partial charge in [-0.2, -0.15) is 4.31 Å². The molecule has 0 aliphatic carbocycles. The first kappa shape index (κ1) is 28.2. The zero-order valence-corrected chi connectivity index (χ0v) is 23.1. The van der Waals surface area contributed by atoms with E-state index in [1.165, 1.54) is 36.4 Å². The molecular formula is C27H28N4O9S. The minimum atomic E-state index is -4.56. The van der Waals surface area contributed by atoms with Crippen molar-refractivity contribution in [1.82, 2.24) is 19.5 Å². The summed E-state index contributed by atoms with van der Waals surface area (Å²) in [7, 11) is -3.04. The maximum absolute atomic E-state index is 13.6. The molecule has 216 valence electrons. The van der Waals surface area contributed by atoms with Crippen LogP contribution >= 0.6 is 0 Å². The van der Waals surface area contributed by atoms with E-state index in [4.69, 9.17) is 13.9 Å². The van der Waals surface area contributed by atoms with Crippen molar-refractivity contribution in [3.63, 3.8) is 0 Å². The van der Waals surface area contributed by atoms with Gasteiger partial charge in [-0.05, 0) is 43.2 Å². The molecule has 1 aromatic carbocycles. The minimum Gasteiger partial charge on any atom is -0.497 e. The van der Waals surface area contributed by atoms with Crippen molar-refractivity contribution in [3.8, 4) is 11.7 Å². The molecule has 14 heteroatoms. The molecule has 2 aliphatic heterocycles. The fourth-order valence-electron chi connectivity index (χ4n) is 5.25. The fourth-order valence-corrected chi connectivity index (χ4v) is 6.72. The Bertz CT molecular complexity index is 1610. The third kappa shape index (κ3) is 5.39. The lowest BCUT2D eigenvalue weighted by Crippen LogP contribution is -2.53. The molecule has 3 atom stereocenters. The Balaban J connectivity index is 1.28. The maximum Gasteiger partial charge on any atom is 0.415 e. The second kappa shape index (κ2) is 11.3. The average molecular weight is 585 g/mol. The van der Waals surface area contributed by atoms with E-state index in [1.807, 2.05) is 6.92 Å². The monoisotopic (exact) mass is 584 g/mol. The molecule has 0 radical (unpaired) electrons. The van der Waals surface area contributed by atoms with Crippen molar-refractivity contribution in [1.29, 1.82) is 0 Å². The number of Topliss-reactive ketones (excluding diaryl/α,β-unsaturated/α-hetero) is 1. The number of carbonyl (C=O) groups is 4. The molecule has 2 saturated heterocycles. The van der Waals surface area contributed by atoms with Gasteiger partial charge in [-0.15, -0.1) is 0 Å². The average Bonchev–Trinajstić information content (AvgIpc) is 3.66. The van der Waals surface area contributed by atoms with Crippen LogP contribution in [0.3, 0.4) is 0 Å². The molecule has 41 heavy (non-hydrogen) atoms. The highest BCUT2D eigenvalue weighted by molar-refractivity contribution is 8.04. The number of fused-ring (bicyclic) bond motifs is 2. The number of methoxy groups -OCH3 is 1. The molecule has 1 N–H and O–H groups in total. The molecule has 3 aromatic rings. The second-order valence-electron chi connectivity index (χ2n) is 9.70. The van der Waals surface area contributed by atoms with Crippen molar-refractivity contribution < 1.29 is 41.5 Å². The molecule has 3 unspecified atom stereocenters. The lowest BCUT2D eigenvalue weighted by Gasteiger charge is -2.27. The number of nitrogens with one attached hydrogen (secondary N) is 1. The molecular weight excluding hydrogens is 556 g/mol. The summed E-state index contributed by atoms with van der Waals surface area (Å²) in [5.41, 5.74) is 0.210. The van der Waals surface area contributed by atoms with E-state index in [-0.39, 0.29) is 31.0 Å². The fraction of sp³-hybridized carbons (Fsp3) is 0.370. The first-order chi connectivity index (χ1) is 19.6. The van der Waals surface area contributed by atoms with Gasteiger partial charge in [-0.25, -0.2) is 13.2 Å². The summed E-state index contributed by atoms with van der Waals surface area (Å²) in [6.45, 7) is 1.36. The van der Waals surface area contributed by atoms with Crippen molar-refractivity contribution in [3.05, 3.63) is 54.4 Å². The van der Waals surface area contributed by atoms with Crippen molar-refractivity contribution >= 4 is 43.9 Å². The molecule has 0 bridgehead atoms. The highest BCUT2D eigenvalue weighted by atomic mass is 32.2. The quantitative estimate of drug-likeness (QED) is 0.414. The number of ketones is 1. The van der Waals surface area contributed by atoms with Crippen LogP contribution in [0.5, 0.6) is 11.7 Å². The Labute approximate surface area is 235 Å². The highest BCUT2D eigenvalue weighted by Gasteiger charge is 2.55. The molecule has 0 spiro atoms. The topological polar surface area (TPSA) is 165 Å². The lowest BCUT2D eigenvalue weighted by atomic mass is 10.1. The number of aromatic nitrogens is 1. The molecule has 0 saturated carbocycles. The van der Waals surface area contributed by atoms with Crippen LogP contribution < -0.4 is 14.8 Å². The van der Waals surface area contributed by atoms with Gasteiger partial charge < -0.3 is 24.1 Å². The van der Waals surface area contributed by atoms with Gasteiger partial charge in [0.25, 0.3) is 16.0 Å². The van der Waals surface area contributed by atoms with Crippen LogP contribution in [0.25, 0.3) is 11.0 Å². The Morgan fingerprint density at radius 3 is 2.71 bits per heavy atom. The van der Waals surface area contributed by atoms with Crippen LogP contribution in [0.1, 0.15) is 36.7 Å². The highest BCUT2D eigenvalue weighted by Crippen LogP contribution is 2.33. The number of nitrogens with zero attached hydrogens (tertiary/aromatic N) is 3. The second-order valence-corrected chi connectivity index (χ2v) is 11.5. The first-order valence-electron chi connectivity index (χ1n) is 13.0. The van der Waals surface area contributed by atoms with E-state index >= 15 is 0 Å². The normalized spacial score (nSPS) is 19.7. The molecule has 13 nitrogen and oxygen atoms in total. The van der Waals surface area contributed by atoms with Crippen molar-refractivity contribution in [2.45, 2.75) is 44.3 Å². The van der Waals surface area contributed by atoms with Gasteiger partial charge in [0.15, 0.2) is 5.78 Å². The molecule has 2 amide bonds. The van der Waals surface area contributed by atoms with Crippen LogP contribution in [-0.4, -0.2) is 83.8 Å². The van der Waals surface area contributed by atoms with E-state index in [0.717, 1.165) is 4.31 Å². The number of pyridine rings is 1. The largest absolute Gasteiger partial charge is 0.497 e. The number of hydrogen-bond donors (Lipinski definition) is 1. The SMILES string of the molecule is CCCC(NC(=O)Oc1cc2cc(OC)ccc2o1)C(=O)N1CCC2C1C(=O)CN2S(=O)(=O)C(=O)c1ccccn1. The van der Waals surface area contributed by atoms with E-state index in [9.17, 15) is 27.6 Å². The summed E-state index contributed by atoms with van der Waals surface area (Å²) in [5, 5.41) is 1.98. The van der Waals surface area contributed by atoms with Crippen LogP contribution in [-0.2, 0) is 19.6 Å².